The fourth-order valence-corrected chi connectivity index (χ4v) is 2.40. The fourth-order valence-electron chi connectivity index (χ4n) is 2.40. The molecule has 0 aromatic heterocycles. The Bertz CT molecular complexity index is 339. The van der Waals surface area contributed by atoms with Crippen molar-refractivity contribution in [2.45, 2.75) is 25.9 Å². The summed E-state index contributed by atoms with van der Waals surface area (Å²) in [4.78, 5) is 0. The first-order valence-corrected chi connectivity index (χ1v) is 6.39. The molecule has 17 heavy (non-hydrogen) atoms. The Morgan fingerprint density at radius 2 is 2.12 bits per heavy atom. The molecule has 1 fully saturated rings. The average Bonchev–Trinajstić information content (AvgIpc) is 2.38. The van der Waals surface area contributed by atoms with Gasteiger partial charge in [0.1, 0.15) is 5.82 Å². The summed E-state index contributed by atoms with van der Waals surface area (Å²) in [7, 11) is 0. The minimum atomic E-state index is -0.187. The first-order valence-electron chi connectivity index (χ1n) is 6.39. The second-order valence-electron chi connectivity index (χ2n) is 4.55. The Balaban J connectivity index is 2.07. The highest BCUT2D eigenvalue weighted by molar-refractivity contribution is 5.20. The van der Waals surface area contributed by atoms with Crippen LogP contribution in [0.4, 0.5) is 4.39 Å². The second-order valence-corrected chi connectivity index (χ2v) is 4.55. The van der Waals surface area contributed by atoms with Gasteiger partial charge in [-0.2, -0.15) is 0 Å². The molecular weight excluding hydrogens is 217 g/mol. The highest BCUT2D eigenvalue weighted by atomic mass is 19.1. The minimum Gasteiger partial charge on any atom is -0.373 e. The van der Waals surface area contributed by atoms with Crippen molar-refractivity contribution in [2.75, 3.05) is 19.7 Å². The van der Waals surface area contributed by atoms with E-state index in [1.165, 1.54) is 18.6 Å². The predicted molar refractivity (Wildman–Crippen MR) is 66.4 cm³/mol. The van der Waals surface area contributed by atoms with Crippen LogP contribution >= 0.6 is 0 Å². The van der Waals surface area contributed by atoms with Gasteiger partial charge in [-0.25, -0.2) is 4.39 Å². The average molecular weight is 237 g/mol. The van der Waals surface area contributed by atoms with Crippen molar-refractivity contribution in [2.24, 2.45) is 5.92 Å². The van der Waals surface area contributed by atoms with E-state index in [-0.39, 0.29) is 11.9 Å². The molecule has 3 heteroatoms. The first kappa shape index (κ1) is 12.5. The van der Waals surface area contributed by atoms with Crippen molar-refractivity contribution in [3.05, 3.63) is 35.6 Å². The van der Waals surface area contributed by atoms with Gasteiger partial charge in [-0.15, -0.1) is 0 Å². The number of nitrogens with one attached hydrogen (secondary N) is 1. The molecule has 0 bridgehead atoms. The molecule has 1 aromatic carbocycles. The molecule has 2 nitrogen and oxygen atoms in total. The largest absolute Gasteiger partial charge is 0.373 e. The molecule has 0 spiro atoms. The molecule has 1 heterocycles. The van der Waals surface area contributed by atoms with Gasteiger partial charge in [-0.05, 0) is 37.1 Å². The third-order valence-corrected chi connectivity index (χ3v) is 3.30. The molecule has 0 amide bonds. The monoisotopic (exact) mass is 237 g/mol. The van der Waals surface area contributed by atoms with E-state index < -0.39 is 0 Å². The number of rotatable bonds is 4. The van der Waals surface area contributed by atoms with Crippen LogP contribution in [-0.2, 0) is 4.74 Å². The molecule has 0 saturated carbocycles. The highest BCUT2D eigenvalue weighted by Gasteiger charge is 2.26. The van der Waals surface area contributed by atoms with Crippen molar-refractivity contribution in [3.8, 4) is 0 Å². The van der Waals surface area contributed by atoms with E-state index in [1.54, 1.807) is 0 Å². The molecule has 1 aliphatic heterocycles. The summed E-state index contributed by atoms with van der Waals surface area (Å²) in [5, 5.41) is 3.38. The molecular formula is C14H20FNO. The standard InChI is InChI=1S/C14H20FNO/c1-2-16-10-12-4-3-9-17-14(12)11-5-7-13(15)8-6-11/h5-8,12,14,16H,2-4,9-10H2,1H3. The molecule has 2 rings (SSSR count). The van der Waals surface area contributed by atoms with Crippen LogP contribution in [0.3, 0.4) is 0 Å². The molecule has 0 radical (unpaired) electrons. The zero-order chi connectivity index (χ0) is 12.1. The molecule has 2 atom stereocenters. The van der Waals surface area contributed by atoms with Crippen molar-refractivity contribution in [1.82, 2.24) is 5.32 Å². The van der Waals surface area contributed by atoms with Gasteiger partial charge in [-0.1, -0.05) is 19.1 Å². The zero-order valence-electron chi connectivity index (χ0n) is 10.3. The smallest absolute Gasteiger partial charge is 0.123 e. The zero-order valence-corrected chi connectivity index (χ0v) is 10.3. The minimum absolute atomic E-state index is 0.114. The van der Waals surface area contributed by atoms with Crippen LogP contribution in [-0.4, -0.2) is 19.7 Å². The van der Waals surface area contributed by atoms with E-state index in [9.17, 15) is 4.39 Å². The topological polar surface area (TPSA) is 21.3 Å². The lowest BCUT2D eigenvalue weighted by Gasteiger charge is -2.32. The molecule has 1 aromatic rings. The van der Waals surface area contributed by atoms with E-state index in [0.29, 0.717) is 5.92 Å². The van der Waals surface area contributed by atoms with E-state index in [1.807, 2.05) is 12.1 Å². The van der Waals surface area contributed by atoms with E-state index in [2.05, 4.69) is 12.2 Å². The molecule has 94 valence electrons. The van der Waals surface area contributed by atoms with Gasteiger partial charge in [0.25, 0.3) is 0 Å². The molecule has 2 unspecified atom stereocenters. The molecule has 0 aliphatic carbocycles. The Morgan fingerprint density at radius 3 is 2.82 bits per heavy atom. The lowest BCUT2D eigenvalue weighted by atomic mass is 9.89. The Hall–Kier alpha value is -0.930. The Morgan fingerprint density at radius 1 is 1.35 bits per heavy atom. The van der Waals surface area contributed by atoms with Gasteiger partial charge in [0.2, 0.25) is 0 Å². The maximum atomic E-state index is 12.9. The predicted octanol–water partition coefficient (Wildman–Crippen LogP) is 2.90. The van der Waals surface area contributed by atoms with Gasteiger partial charge in [0.15, 0.2) is 0 Å². The fraction of sp³-hybridized carbons (Fsp3) is 0.571. The van der Waals surface area contributed by atoms with Gasteiger partial charge < -0.3 is 10.1 Å². The normalized spacial score (nSPS) is 24.8. The maximum Gasteiger partial charge on any atom is 0.123 e. The summed E-state index contributed by atoms with van der Waals surface area (Å²) in [6.07, 6.45) is 2.41. The lowest BCUT2D eigenvalue weighted by molar-refractivity contribution is -0.0276. The van der Waals surface area contributed by atoms with Crippen molar-refractivity contribution in [1.29, 1.82) is 0 Å². The van der Waals surface area contributed by atoms with Crippen molar-refractivity contribution in [3.63, 3.8) is 0 Å². The van der Waals surface area contributed by atoms with Crippen LogP contribution < -0.4 is 5.32 Å². The number of hydrogen-bond donors (Lipinski definition) is 1. The molecule has 1 saturated heterocycles. The maximum absolute atomic E-state index is 12.9. The van der Waals surface area contributed by atoms with Crippen LogP contribution in [0.1, 0.15) is 31.4 Å². The van der Waals surface area contributed by atoms with E-state index in [0.717, 1.165) is 31.7 Å². The summed E-state index contributed by atoms with van der Waals surface area (Å²) < 4.78 is 18.8. The summed E-state index contributed by atoms with van der Waals surface area (Å²) in [5.41, 5.74) is 1.09. The van der Waals surface area contributed by atoms with Gasteiger partial charge in [0.05, 0.1) is 6.10 Å². The first-order chi connectivity index (χ1) is 8.31. The number of halogens is 1. The van der Waals surface area contributed by atoms with Gasteiger partial charge >= 0.3 is 0 Å². The van der Waals surface area contributed by atoms with Crippen LogP contribution in [0, 0.1) is 11.7 Å². The van der Waals surface area contributed by atoms with Crippen molar-refractivity contribution >= 4 is 0 Å². The van der Waals surface area contributed by atoms with Crippen molar-refractivity contribution < 1.29 is 9.13 Å². The van der Waals surface area contributed by atoms with Crippen LogP contribution in [0.2, 0.25) is 0 Å². The number of ether oxygens (including phenoxy) is 1. The number of hydrogen-bond acceptors (Lipinski definition) is 2. The summed E-state index contributed by atoms with van der Waals surface area (Å²) in [5.74, 6) is 0.307. The third kappa shape index (κ3) is 3.27. The SMILES string of the molecule is CCNCC1CCCOC1c1ccc(F)cc1. The van der Waals surface area contributed by atoms with Crippen LogP contribution in [0.25, 0.3) is 0 Å². The Kier molecular flexibility index (Phi) is 4.51. The third-order valence-electron chi connectivity index (χ3n) is 3.30. The number of benzene rings is 1. The lowest BCUT2D eigenvalue weighted by Crippen LogP contribution is -2.31. The van der Waals surface area contributed by atoms with E-state index in [4.69, 9.17) is 4.74 Å². The quantitative estimate of drug-likeness (QED) is 0.869. The summed E-state index contributed by atoms with van der Waals surface area (Å²) in [6, 6.07) is 6.70. The van der Waals surface area contributed by atoms with Gasteiger partial charge in [-0.3, -0.25) is 0 Å². The molecule has 1 aliphatic rings. The Labute approximate surface area is 102 Å². The van der Waals surface area contributed by atoms with Gasteiger partial charge in [0, 0.05) is 19.1 Å². The second kappa shape index (κ2) is 6.12. The molecule has 1 N–H and O–H groups in total. The summed E-state index contributed by atoms with van der Waals surface area (Å²) >= 11 is 0. The highest BCUT2D eigenvalue weighted by Crippen LogP contribution is 2.33. The van der Waals surface area contributed by atoms with Crippen LogP contribution in [0.15, 0.2) is 24.3 Å². The van der Waals surface area contributed by atoms with E-state index >= 15 is 0 Å². The summed E-state index contributed by atoms with van der Waals surface area (Å²) in [6.45, 7) is 4.87. The van der Waals surface area contributed by atoms with Crippen LogP contribution in [0.5, 0.6) is 0 Å².